The van der Waals surface area contributed by atoms with Crippen LogP contribution in [0.3, 0.4) is 0 Å². The van der Waals surface area contributed by atoms with E-state index in [1.54, 1.807) is 18.3 Å². The number of nitrogens with zero attached hydrogens (tertiary/aromatic N) is 2. The molecule has 1 amide bonds. The Morgan fingerprint density at radius 1 is 1.23 bits per heavy atom. The minimum atomic E-state index is -0.989. The van der Waals surface area contributed by atoms with Crippen LogP contribution < -0.4 is 0 Å². The maximum Gasteiger partial charge on any atom is 0.308 e. The number of likely N-dealkylation sites (tertiary alicyclic amines) is 1. The summed E-state index contributed by atoms with van der Waals surface area (Å²) in [5.41, 5.74) is 1.16. The van der Waals surface area contributed by atoms with Gasteiger partial charge in [-0.15, -0.1) is 0 Å². The molecule has 0 spiro atoms. The standard InChI is InChI=1S/C16H16N2O4/c19-13-6-12(16(21)22)8-18(9-13)15(20)11-4-3-10-2-1-5-17-14(10)7-11/h1-5,7,12-13,19H,6,8-9H2,(H,21,22). The van der Waals surface area contributed by atoms with Gasteiger partial charge in [-0.05, 0) is 24.6 Å². The average molecular weight is 300 g/mol. The maximum atomic E-state index is 12.6. The average Bonchev–Trinajstić information content (AvgIpc) is 2.53. The quantitative estimate of drug-likeness (QED) is 0.868. The molecule has 1 saturated heterocycles. The van der Waals surface area contributed by atoms with Crippen molar-refractivity contribution < 1.29 is 19.8 Å². The number of rotatable bonds is 2. The Kier molecular flexibility index (Phi) is 3.77. The van der Waals surface area contributed by atoms with Crippen LogP contribution in [-0.2, 0) is 4.79 Å². The Balaban J connectivity index is 1.86. The number of hydrogen-bond acceptors (Lipinski definition) is 4. The number of carbonyl (C=O) groups is 2. The van der Waals surface area contributed by atoms with Gasteiger partial charge < -0.3 is 15.1 Å². The SMILES string of the molecule is O=C(O)C1CC(O)CN(C(=O)c2ccc3cccnc3c2)C1. The number of aliphatic hydroxyl groups is 1. The lowest BCUT2D eigenvalue weighted by Crippen LogP contribution is -2.48. The van der Waals surface area contributed by atoms with Crippen LogP contribution in [-0.4, -0.2) is 51.2 Å². The first-order valence-electron chi connectivity index (χ1n) is 7.09. The van der Waals surface area contributed by atoms with Crippen LogP contribution in [0.5, 0.6) is 0 Å². The van der Waals surface area contributed by atoms with Gasteiger partial charge >= 0.3 is 5.97 Å². The van der Waals surface area contributed by atoms with Crippen LogP contribution in [0.1, 0.15) is 16.8 Å². The number of carboxylic acids is 1. The molecule has 0 bridgehead atoms. The zero-order valence-electron chi connectivity index (χ0n) is 11.8. The van der Waals surface area contributed by atoms with E-state index in [1.807, 2.05) is 18.2 Å². The Labute approximate surface area is 127 Å². The third-order valence-corrected chi connectivity index (χ3v) is 3.92. The number of aromatic nitrogens is 1. The highest BCUT2D eigenvalue weighted by molar-refractivity contribution is 5.98. The highest BCUT2D eigenvalue weighted by Crippen LogP contribution is 2.21. The van der Waals surface area contributed by atoms with Crippen molar-refractivity contribution in [2.45, 2.75) is 12.5 Å². The smallest absolute Gasteiger partial charge is 0.308 e. The third-order valence-electron chi connectivity index (χ3n) is 3.92. The fourth-order valence-corrected chi connectivity index (χ4v) is 2.80. The van der Waals surface area contributed by atoms with Crippen molar-refractivity contribution in [3.05, 3.63) is 42.1 Å². The normalized spacial score (nSPS) is 21.8. The number of aliphatic hydroxyl groups excluding tert-OH is 1. The lowest BCUT2D eigenvalue weighted by Gasteiger charge is -2.33. The van der Waals surface area contributed by atoms with E-state index in [4.69, 9.17) is 5.11 Å². The number of pyridine rings is 1. The number of fused-ring (bicyclic) bond motifs is 1. The molecular weight excluding hydrogens is 284 g/mol. The fourth-order valence-electron chi connectivity index (χ4n) is 2.80. The van der Waals surface area contributed by atoms with Crippen LogP contribution in [0.25, 0.3) is 10.9 Å². The summed E-state index contributed by atoms with van der Waals surface area (Å²) >= 11 is 0. The van der Waals surface area contributed by atoms with Gasteiger partial charge in [0.05, 0.1) is 17.5 Å². The zero-order chi connectivity index (χ0) is 15.7. The Hall–Kier alpha value is -2.47. The summed E-state index contributed by atoms with van der Waals surface area (Å²) < 4.78 is 0. The summed E-state index contributed by atoms with van der Waals surface area (Å²) in [4.78, 5) is 29.3. The number of amides is 1. The molecule has 2 heterocycles. The van der Waals surface area contributed by atoms with E-state index in [1.165, 1.54) is 4.90 Å². The topological polar surface area (TPSA) is 90.7 Å². The van der Waals surface area contributed by atoms with Crippen LogP contribution in [0.4, 0.5) is 0 Å². The van der Waals surface area contributed by atoms with Crippen molar-refractivity contribution in [3.63, 3.8) is 0 Å². The van der Waals surface area contributed by atoms with Crippen molar-refractivity contribution in [2.24, 2.45) is 5.92 Å². The molecule has 6 heteroatoms. The molecule has 1 aliphatic rings. The molecule has 0 radical (unpaired) electrons. The van der Waals surface area contributed by atoms with Gasteiger partial charge in [0.15, 0.2) is 0 Å². The van der Waals surface area contributed by atoms with E-state index in [9.17, 15) is 14.7 Å². The van der Waals surface area contributed by atoms with Gasteiger partial charge in [0.25, 0.3) is 5.91 Å². The van der Waals surface area contributed by atoms with E-state index in [0.717, 1.165) is 5.39 Å². The third kappa shape index (κ3) is 2.78. The monoisotopic (exact) mass is 300 g/mol. The highest BCUT2D eigenvalue weighted by Gasteiger charge is 2.33. The second-order valence-corrected chi connectivity index (χ2v) is 5.55. The van der Waals surface area contributed by atoms with Crippen LogP contribution in [0.15, 0.2) is 36.5 Å². The zero-order valence-corrected chi connectivity index (χ0v) is 11.8. The molecule has 2 atom stereocenters. The predicted molar refractivity (Wildman–Crippen MR) is 79.4 cm³/mol. The summed E-state index contributed by atoms with van der Waals surface area (Å²) in [6.07, 6.45) is 1.03. The number of hydrogen-bond donors (Lipinski definition) is 2. The van der Waals surface area contributed by atoms with Crippen molar-refractivity contribution in [3.8, 4) is 0 Å². The molecule has 2 aromatic rings. The molecule has 0 saturated carbocycles. The second kappa shape index (κ2) is 5.73. The summed E-state index contributed by atoms with van der Waals surface area (Å²) in [6, 6.07) is 8.92. The number of carboxylic acid groups (broad SMARTS) is 1. The van der Waals surface area contributed by atoms with E-state index in [0.29, 0.717) is 11.1 Å². The first kappa shape index (κ1) is 14.5. The summed E-state index contributed by atoms with van der Waals surface area (Å²) in [5, 5.41) is 19.8. The molecule has 2 unspecified atom stereocenters. The highest BCUT2D eigenvalue weighted by atomic mass is 16.4. The molecule has 22 heavy (non-hydrogen) atoms. The molecule has 114 valence electrons. The van der Waals surface area contributed by atoms with E-state index in [-0.39, 0.29) is 25.4 Å². The van der Waals surface area contributed by atoms with E-state index < -0.39 is 18.0 Å². The van der Waals surface area contributed by atoms with Gasteiger partial charge in [-0.1, -0.05) is 12.1 Å². The minimum Gasteiger partial charge on any atom is -0.481 e. The van der Waals surface area contributed by atoms with Crippen LogP contribution in [0, 0.1) is 5.92 Å². The lowest BCUT2D eigenvalue weighted by molar-refractivity contribution is -0.144. The molecule has 1 aromatic carbocycles. The molecular formula is C16H16N2O4. The minimum absolute atomic E-state index is 0.117. The predicted octanol–water partition coefficient (Wildman–Crippen LogP) is 1.14. The Morgan fingerprint density at radius 3 is 2.82 bits per heavy atom. The van der Waals surface area contributed by atoms with Crippen molar-refractivity contribution in [2.75, 3.05) is 13.1 Å². The number of carbonyl (C=O) groups excluding carboxylic acids is 1. The first-order valence-corrected chi connectivity index (χ1v) is 7.09. The van der Waals surface area contributed by atoms with Crippen LogP contribution in [0.2, 0.25) is 0 Å². The van der Waals surface area contributed by atoms with Crippen LogP contribution >= 0.6 is 0 Å². The molecule has 3 rings (SSSR count). The largest absolute Gasteiger partial charge is 0.481 e. The van der Waals surface area contributed by atoms with Crippen molar-refractivity contribution >= 4 is 22.8 Å². The summed E-state index contributed by atoms with van der Waals surface area (Å²) in [6.45, 7) is 0.272. The summed E-state index contributed by atoms with van der Waals surface area (Å²) in [5.74, 6) is -2.00. The van der Waals surface area contributed by atoms with Gasteiger partial charge in [0.1, 0.15) is 0 Å². The van der Waals surface area contributed by atoms with Crippen molar-refractivity contribution in [1.82, 2.24) is 9.88 Å². The molecule has 6 nitrogen and oxygen atoms in total. The summed E-state index contributed by atoms with van der Waals surface area (Å²) in [7, 11) is 0. The Morgan fingerprint density at radius 2 is 2.05 bits per heavy atom. The van der Waals surface area contributed by atoms with Gasteiger partial charge in [0, 0.05) is 30.2 Å². The van der Waals surface area contributed by atoms with Crippen molar-refractivity contribution in [1.29, 1.82) is 0 Å². The van der Waals surface area contributed by atoms with Gasteiger partial charge in [0.2, 0.25) is 0 Å². The molecule has 1 aliphatic heterocycles. The Bertz CT molecular complexity index is 731. The molecule has 1 fully saturated rings. The first-order chi connectivity index (χ1) is 10.5. The van der Waals surface area contributed by atoms with Gasteiger partial charge in [-0.3, -0.25) is 14.6 Å². The number of piperidine rings is 1. The van der Waals surface area contributed by atoms with Gasteiger partial charge in [-0.25, -0.2) is 0 Å². The molecule has 0 aliphatic carbocycles. The van der Waals surface area contributed by atoms with Gasteiger partial charge in [-0.2, -0.15) is 0 Å². The molecule has 1 aromatic heterocycles. The molecule has 2 N–H and O–H groups in total. The van der Waals surface area contributed by atoms with E-state index >= 15 is 0 Å². The second-order valence-electron chi connectivity index (χ2n) is 5.55. The number of aliphatic carboxylic acids is 1. The lowest BCUT2D eigenvalue weighted by atomic mass is 9.95. The fraction of sp³-hybridized carbons (Fsp3) is 0.312. The number of β-amino-alcohol motifs (C(OH)–C–C–N with tert-alkyl or cyclic N) is 1. The number of benzene rings is 1. The maximum absolute atomic E-state index is 12.6. The van der Waals surface area contributed by atoms with E-state index in [2.05, 4.69) is 4.98 Å².